The van der Waals surface area contributed by atoms with Gasteiger partial charge in [-0.2, -0.15) is 0 Å². The standard InChI is InChI=1S/C16H20BrNO3/c1-3-16(15(20)21)7-4-8-18(10-16)14(19)12-9-11(2)5-6-13(12)17/h5-6,9H,3-4,7-8,10H2,1-2H3,(H,20,21). The van der Waals surface area contributed by atoms with Crippen molar-refractivity contribution in [2.24, 2.45) is 5.41 Å². The lowest BCUT2D eigenvalue weighted by molar-refractivity contribution is -0.152. The molecule has 5 heteroatoms. The van der Waals surface area contributed by atoms with Crippen molar-refractivity contribution in [3.05, 3.63) is 33.8 Å². The Labute approximate surface area is 133 Å². The summed E-state index contributed by atoms with van der Waals surface area (Å²) in [6.07, 6.45) is 1.91. The average Bonchev–Trinajstić information content (AvgIpc) is 2.48. The number of carboxylic acid groups (broad SMARTS) is 1. The van der Waals surface area contributed by atoms with Gasteiger partial charge >= 0.3 is 5.97 Å². The molecule has 0 bridgehead atoms. The molecule has 1 unspecified atom stereocenters. The van der Waals surface area contributed by atoms with Gasteiger partial charge < -0.3 is 10.0 Å². The SMILES string of the molecule is CCC1(C(=O)O)CCCN(C(=O)c2cc(C)ccc2Br)C1. The molecule has 0 aromatic heterocycles. The summed E-state index contributed by atoms with van der Waals surface area (Å²) in [6.45, 7) is 4.73. The first-order valence-electron chi connectivity index (χ1n) is 7.18. The lowest BCUT2D eigenvalue weighted by Crippen LogP contribution is -2.49. The van der Waals surface area contributed by atoms with Crippen LogP contribution in [0.2, 0.25) is 0 Å². The Morgan fingerprint density at radius 1 is 1.43 bits per heavy atom. The van der Waals surface area contributed by atoms with Crippen LogP contribution in [-0.4, -0.2) is 35.0 Å². The molecule has 0 spiro atoms. The van der Waals surface area contributed by atoms with Crippen LogP contribution in [0.25, 0.3) is 0 Å². The van der Waals surface area contributed by atoms with E-state index >= 15 is 0 Å². The van der Waals surface area contributed by atoms with E-state index < -0.39 is 11.4 Å². The summed E-state index contributed by atoms with van der Waals surface area (Å²) in [5.41, 5.74) is 0.815. The van der Waals surface area contributed by atoms with Crippen molar-refractivity contribution < 1.29 is 14.7 Å². The van der Waals surface area contributed by atoms with Crippen LogP contribution in [0.5, 0.6) is 0 Å². The van der Waals surface area contributed by atoms with Gasteiger partial charge in [0.05, 0.1) is 11.0 Å². The zero-order chi connectivity index (χ0) is 15.6. The van der Waals surface area contributed by atoms with E-state index in [2.05, 4.69) is 15.9 Å². The van der Waals surface area contributed by atoms with E-state index in [1.165, 1.54) is 0 Å². The van der Waals surface area contributed by atoms with E-state index in [1.807, 2.05) is 32.0 Å². The van der Waals surface area contributed by atoms with Crippen LogP contribution in [0.4, 0.5) is 0 Å². The molecule has 1 N–H and O–H groups in total. The van der Waals surface area contributed by atoms with E-state index in [1.54, 1.807) is 4.90 Å². The molecular weight excluding hydrogens is 334 g/mol. The molecule has 1 atom stereocenters. The maximum Gasteiger partial charge on any atom is 0.311 e. The Hall–Kier alpha value is -1.36. The molecule has 114 valence electrons. The molecule has 1 aromatic rings. The molecule has 1 saturated heterocycles. The quantitative estimate of drug-likeness (QED) is 0.904. The van der Waals surface area contributed by atoms with E-state index in [4.69, 9.17) is 0 Å². The molecule has 1 fully saturated rings. The van der Waals surface area contributed by atoms with Crippen molar-refractivity contribution in [2.45, 2.75) is 33.1 Å². The minimum atomic E-state index is -0.801. The Morgan fingerprint density at radius 3 is 2.76 bits per heavy atom. The summed E-state index contributed by atoms with van der Waals surface area (Å²) >= 11 is 3.41. The van der Waals surface area contributed by atoms with Gasteiger partial charge in [-0.25, -0.2) is 0 Å². The molecule has 1 aliphatic heterocycles. The first kappa shape index (κ1) is 16.0. The topological polar surface area (TPSA) is 57.6 Å². The fraction of sp³-hybridized carbons (Fsp3) is 0.500. The zero-order valence-electron chi connectivity index (χ0n) is 12.4. The number of aliphatic carboxylic acids is 1. The number of carboxylic acids is 1. The maximum absolute atomic E-state index is 12.7. The van der Waals surface area contributed by atoms with Gasteiger partial charge in [-0.1, -0.05) is 18.6 Å². The second-order valence-electron chi connectivity index (χ2n) is 5.75. The smallest absolute Gasteiger partial charge is 0.311 e. The Bertz CT molecular complexity index is 573. The van der Waals surface area contributed by atoms with Gasteiger partial charge in [-0.05, 0) is 54.2 Å². The lowest BCUT2D eigenvalue weighted by Gasteiger charge is -2.39. The number of carbonyl (C=O) groups is 2. The summed E-state index contributed by atoms with van der Waals surface area (Å²) in [5, 5.41) is 9.51. The third-order valence-electron chi connectivity index (χ3n) is 4.35. The van der Waals surface area contributed by atoms with Crippen molar-refractivity contribution in [3.8, 4) is 0 Å². The number of benzene rings is 1. The van der Waals surface area contributed by atoms with E-state index in [0.717, 1.165) is 16.5 Å². The summed E-state index contributed by atoms with van der Waals surface area (Å²) in [4.78, 5) is 26.0. The van der Waals surface area contributed by atoms with Crippen LogP contribution in [0, 0.1) is 12.3 Å². The highest BCUT2D eigenvalue weighted by Crippen LogP contribution is 2.34. The molecule has 2 rings (SSSR count). The molecule has 4 nitrogen and oxygen atoms in total. The van der Waals surface area contributed by atoms with Crippen molar-refractivity contribution in [2.75, 3.05) is 13.1 Å². The second kappa shape index (κ2) is 6.18. The Kier molecular flexibility index (Phi) is 4.71. The maximum atomic E-state index is 12.7. The summed E-state index contributed by atoms with van der Waals surface area (Å²) in [7, 11) is 0. The third kappa shape index (κ3) is 3.12. The number of rotatable bonds is 3. The molecule has 0 aliphatic carbocycles. The lowest BCUT2D eigenvalue weighted by atomic mass is 9.77. The molecular formula is C16H20BrNO3. The van der Waals surface area contributed by atoms with Gasteiger partial charge in [0.2, 0.25) is 0 Å². The monoisotopic (exact) mass is 353 g/mol. The van der Waals surface area contributed by atoms with Crippen molar-refractivity contribution in [1.29, 1.82) is 0 Å². The molecule has 1 aromatic carbocycles. The molecule has 0 radical (unpaired) electrons. The van der Waals surface area contributed by atoms with Gasteiger partial charge in [-0.15, -0.1) is 0 Å². The van der Waals surface area contributed by atoms with Gasteiger partial charge in [0.15, 0.2) is 0 Å². The number of hydrogen-bond acceptors (Lipinski definition) is 2. The summed E-state index contributed by atoms with van der Waals surface area (Å²) in [6, 6.07) is 5.64. The van der Waals surface area contributed by atoms with Crippen LogP contribution in [0.1, 0.15) is 42.1 Å². The molecule has 1 heterocycles. The van der Waals surface area contributed by atoms with Gasteiger partial charge in [0.1, 0.15) is 0 Å². The number of amides is 1. The average molecular weight is 354 g/mol. The third-order valence-corrected chi connectivity index (χ3v) is 5.04. The normalized spacial score (nSPS) is 22.1. The van der Waals surface area contributed by atoms with E-state index in [-0.39, 0.29) is 12.5 Å². The van der Waals surface area contributed by atoms with Crippen LogP contribution in [-0.2, 0) is 4.79 Å². The van der Waals surface area contributed by atoms with Crippen molar-refractivity contribution in [1.82, 2.24) is 4.90 Å². The fourth-order valence-corrected chi connectivity index (χ4v) is 3.31. The van der Waals surface area contributed by atoms with E-state index in [9.17, 15) is 14.7 Å². The minimum absolute atomic E-state index is 0.0932. The molecule has 1 amide bonds. The highest BCUT2D eigenvalue weighted by molar-refractivity contribution is 9.10. The number of likely N-dealkylation sites (tertiary alicyclic amines) is 1. The number of halogens is 1. The van der Waals surface area contributed by atoms with Gasteiger partial charge in [0.25, 0.3) is 5.91 Å². The Morgan fingerprint density at radius 2 is 2.14 bits per heavy atom. The molecule has 1 aliphatic rings. The van der Waals surface area contributed by atoms with Gasteiger partial charge in [0, 0.05) is 17.6 Å². The van der Waals surface area contributed by atoms with Crippen LogP contribution >= 0.6 is 15.9 Å². The van der Waals surface area contributed by atoms with Crippen LogP contribution in [0.15, 0.2) is 22.7 Å². The summed E-state index contributed by atoms with van der Waals surface area (Å²) in [5.74, 6) is -0.893. The van der Waals surface area contributed by atoms with Crippen LogP contribution in [0.3, 0.4) is 0 Å². The number of carbonyl (C=O) groups excluding carboxylic acids is 1. The second-order valence-corrected chi connectivity index (χ2v) is 6.61. The minimum Gasteiger partial charge on any atom is -0.481 e. The highest BCUT2D eigenvalue weighted by Gasteiger charge is 2.42. The van der Waals surface area contributed by atoms with Crippen LogP contribution < -0.4 is 0 Å². The summed E-state index contributed by atoms with van der Waals surface area (Å²) < 4.78 is 0.751. The largest absolute Gasteiger partial charge is 0.481 e. The van der Waals surface area contributed by atoms with E-state index in [0.29, 0.717) is 24.9 Å². The zero-order valence-corrected chi connectivity index (χ0v) is 13.9. The predicted octanol–water partition coefficient (Wildman–Crippen LogP) is 3.47. The number of piperidine rings is 1. The number of aryl methyl sites for hydroxylation is 1. The number of nitrogens with zero attached hydrogens (tertiary/aromatic N) is 1. The first-order valence-corrected chi connectivity index (χ1v) is 7.98. The first-order chi connectivity index (χ1) is 9.89. The Balaban J connectivity index is 2.27. The molecule has 21 heavy (non-hydrogen) atoms. The van der Waals surface area contributed by atoms with Crippen molar-refractivity contribution in [3.63, 3.8) is 0 Å². The fourth-order valence-electron chi connectivity index (χ4n) is 2.89. The highest BCUT2D eigenvalue weighted by atomic mass is 79.9. The van der Waals surface area contributed by atoms with Crippen molar-refractivity contribution >= 4 is 27.8 Å². The molecule has 0 saturated carbocycles. The number of hydrogen-bond donors (Lipinski definition) is 1. The van der Waals surface area contributed by atoms with Gasteiger partial charge in [-0.3, -0.25) is 9.59 Å². The predicted molar refractivity (Wildman–Crippen MR) is 84.4 cm³/mol.